The van der Waals surface area contributed by atoms with Crippen LogP contribution in [0.25, 0.3) is 0 Å². The van der Waals surface area contributed by atoms with E-state index in [-0.39, 0.29) is 11.9 Å². The van der Waals surface area contributed by atoms with Gasteiger partial charge in [0.15, 0.2) is 0 Å². The van der Waals surface area contributed by atoms with Gasteiger partial charge in [-0.15, -0.1) is 0 Å². The predicted molar refractivity (Wildman–Crippen MR) is 64.5 cm³/mol. The molecule has 1 saturated heterocycles. The molecule has 1 aromatic carbocycles. The molecule has 0 spiro atoms. The molecule has 1 aliphatic rings. The zero-order valence-electron chi connectivity index (χ0n) is 9.69. The molecule has 0 unspecified atom stereocenters. The molecular weight excluding hydrogens is 216 g/mol. The fourth-order valence-corrected chi connectivity index (χ4v) is 1.93. The van der Waals surface area contributed by atoms with Crippen molar-refractivity contribution in [1.29, 1.82) is 0 Å². The molecule has 0 bridgehead atoms. The standard InChI is InChI=1S/C13H16N2O2/c16-12-8-10-15(13(17)14-12)9-4-7-11-5-2-1-3-6-11/h1-3,5-6H,4,7-10H2,(H,14,16,17). The smallest absolute Gasteiger partial charge is 0.324 e. The van der Waals surface area contributed by atoms with Crippen molar-refractivity contribution in [3.05, 3.63) is 35.9 Å². The summed E-state index contributed by atoms with van der Waals surface area (Å²) in [5.74, 6) is -0.172. The van der Waals surface area contributed by atoms with E-state index in [0.717, 1.165) is 12.8 Å². The van der Waals surface area contributed by atoms with Crippen LogP contribution >= 0.6 is 0 Å². The van der Waals surface area contributed by atoms with Crippen molar-refractivity contribution in [1.82, 2.24) is 10.2 Å². The van der Waals surface area contributed by atoms with Crippen molar-refractivity contribution in [2.75, 3.05) is 13.1 Å². The van der Waals surface area contributed by atoms with Gasteiger partial charge in [-0.05, 0) is 18.4 Å². The first-order valence-electron chi connectivity index (χ1n) is 5.88. The first kappa shape index (κ1) is 11.6. The van der Waals surface area contributed by atoms with Gasteiger partial charge in [-0.3, -0.25) is 10.1 Å². The second kappa shape index (κ2) is 5.48. The summed E-state index contributed by atoms with van der Waals surface area (Å²) in [7, 11) is 0. The Hall–Kier alpha value is -1.84. The molecular formula is C13H16N2O2. The number of hydrogen-bond donors (Lipinski definition) is 1. The molecule has 2 rings (SSSR count). The zero-order valence-corrected chi connectivity index (χ0v) is 9.69. The topological polar surface area (TPSA) is 49.4 Å². The van der Waals surface area contributed by atoms with Crippen molar-refractivity contribution in [3.8, 4) is 0 Å². The Morgan fingerprint density at radius 1 is 1.18 bits per heavy atom. The maximum atomic E-state index is 11.4. The van der Waals surface area contributed by atoms with Gasteiger partial charge in [-0.1, -0.05) is 30.3 Å². The van der Waals surface area contributed by atoms with E-state index in [2.05, 4.69) is 17.4 Å². The molecule has 0 saturated carbocycles. The number of aryl methyl sites for hydroxylation is 1. The summed E-state index contributed by atoms with van der Waals surface area (Å²) < 4.78 is 0. The number of carbonyl (C=O) groups is 2. The van der Waals surface area contributed by atoms with Gasteiger partial charge in [0.05, 0.1) is 0 Å². The Morgan fingerprint density at radius 2 is 1.94 bits per heavy atom. The number of amides is 3. The lowest BCUT2D eigenvalue weighted by Crippen LogP contribution is -2.49. The van der Waals surface area contributed by atoms with Crippen LogP contribution < -0.4 is 5.32 Å². The third-order valence-corrected chi connectivity index (χ3v) is 2.88. The quantitative estimate of drug-likeness (QED) is 0.856. The lowest BCUT2D eigenvalue weighted by atomic mass is 10.1. The number of urea groups is 1. The molecule has 3 amide bonds. The maximum absolute atomic E-state index is 11.4. The fourth-order valence-electron chi connectivity index (χ4n) is 1.93. The minimum absolute atomic E-state index is 0.172. The second-order valence-corrected chi connectivity index (χ2v) is 4.18. The van der Waals surface area contributed by atoms with E-state index in [9.17, 15) is 9.59 Å². The van der Waals surface area contributed by atoms with Crippen molar-refractivity contribution < 1.29 is 9.59 Å². The van der Waals surface area contributed by atoms with Gasteiger partial charge in [0.1, 0.15) is 0 Å². The average Bonchev–Trinajstić information content (AvgIpc) is 2.33. The van der Waals surface area contributed by atoms with Crippen LogP contribution in [0.15, 0.2) is 30.3 Å². The first-order chi connectivity index (χ1) is 8.25. The van der Waals surface area contributed by atoms with Crippen LogP contribution in [0.4, 0.5) is 4.79 Å². The number of nitrogens with zero attached hydrogens (tertiary/aromatic N) is 1. The van der Waals surface area contributed by atoms with Crippen LogP contribution in [0.5, 0.6) is 0 Å². The van der Waals surface area contributed by atoms with Gasteiger partial charge in [0.25, 0.3) is 0 Å². The van der Waals surface area contributed by atoms with E-state index >= 15 is 0 Å². The molecule has 17 heavy (non-hydrogen) atoms. The maximum Gasteiger partial charge on any atom is 0.324 e. The molecule has 4 nitrogen and oxygen atoms in total. The number of carbonyl (C=O) groups excluding carboxylic acids is 2. The number of nitrogens with one attached hydrogen (secondary N) is 1. The van der Waals surface area contributed by atoms with Gasteiger partial charge in [-0.25, -0.2) is 4.79 Å². The summed E-state index contributed by atoms with van der Waals surface area (Å²) in [5.41, 5.74) is 1.28. The molecule has 4 heteroatoms. The van der Waals surface area contributed by atoms with Gasteiger partial charge in [-0.2, -0.15) is 0 Å². The van der Waals surface area contributed by atoms with Crippen LogP contribution in [0.3, 0.4) is 0 Å². The monoisotopic (exact) mass is 232 g/mol. The minimum atomic E-state index is -0.255. The number of rotatable bonds is 4. The normalized spacial score (nSPS) is 15.9. The Bertz CT molecular complexity index is 403. The van der Waals surface area contributed by atoms with Crippen molar-refractivity contribution in [2.45, 2.75) is 19.3 Å². The highest BCUT2D eigenvalue weighted by molar-refractivity contribution is 5.96. The highest BCUT2D eigenvalue weighted by Crippen LogP contribution is 2.06. The van der Waals surface area contributed by atoms with Gasteiger partial charge < -0.3 is 4.90 Å². The SMILES string of the molecule is O=C1CCN(CCCc2ccccc2)C(=O)N1. The lowest BCUT2D eigenvalue weighted by molar-refractivity contribution is -0.121. The van der Waals surface area contributed by atoms with Crippen LogP contribution in [0, 0.1) is 0 Å². The summed E-state index contributed by atoms with van der Waals surface area (Å²) in [6, 6.07) is 9.94. The summed E-state index contributed by atoms with van der Waals surface area (Å²) in [4.78, 5) is 24.1. The van der Waals surface area contributed by atoms with Gasteiger partial charge in [0.2, 0.25) is 5.91 Å². The fraction of sp³-hybridized carbons (Fsp3) is 0.385. The second-order valence-electron chi connectivity index (χ2n) is 4.18. The highest BCUT2D eigenvalue weighted by atomic mass is 16.2. The van der Waals surface area contributed by atoms with E-state index in [4.69, 9.17) is 0 Å². The van der Waals surface area contributed by atoms with Gasteiger partial charge in [0, 0.05) is 19.5 Å². The molecule has 1 heterocycles. The van der Waals surface area contributed by atoms with Crippen LogP contribution in [0.2, 0.25) is 0 Å². The molecule has 1 fully saturated rings. The lowest BCUT2D eigenvalue weighted by Gasteiger charge is -2.26. The predicted octanol–water partition coefficient (Wildman–Crippen LogP) is 1.56. The van der Waals surface area contributed by atoms with Crippen LogP contribution in [0.1, 0.15) is 18.4 Å². The van der Waals surface area contributed by atoms with E-state index in [1.165, 1.54) is 5.56 Å². The van der Waals surface area contributed by atoms with Gasteiger partial charge >= 0.3 is 6.03 Å². The van der Waals surface area contributed by atoms with Crippen molar-refractivity contribution in [3.63, 3.8) is 0 Å². The number of hydrogen-bond acceptors (Lipinski definition) is 2. The third kappa shape index (κ3) is 3.31. The molecule has 90 valence electrons. The van der Waals surface area contributed by atoms with Crippen molar-refractivity contribution in [2.24, 2.45) is 0 Å². The Kier molecular flexibility index (Phi) is 3.75. The molecule has 1 N–H and O–H groups in total. The average molecular weight is 232 g/mol. The van der Waals surface area contributed by atoms with E-state index in [1.54, 1.807) is 4.90 Å². The largest absolute Gasteiger partial charge is 0.324 e. The molecule has 0 aliphatic carbocycles. The van der Waals surface area contributed by atoms with E-state index in [1.807, 2.05) is 18.2 Å². The third-order valence-electron chi connectivity index (χ3n) is 2.88. The summed E-state index contributed by atoms with van der Waals surface area (Å²) in [6.45, 7) is 1.24. The summed E-state index contributed by atoms with van der Waals surface area (Å²) in [6.07, 6.45) is 2.29. The highest BCUT2D eigenvalue weighted by Gasteiger charge is 2.21. The Morgan fingerprint density at radius 3 is 2.65 bits per heavy atom. The molecule has 0 radical (unpaired) electrons. The van der Waals surface area contributed by atoms with Crippen molar-refractivity contribution >= 4 is 11.9 Å². The molecule has 1 aliphatic heterocycles. The van der Waals surface area contributed by atoms with Crippen LogP contribution in [-0.2, 0) is 11.2 Å². The van der Waals surface area contributed by atoms with E-state index in [0.29, 0.717) is 19.5 Å². The molecule has 0 atom stereocenters. The molecule has 1 aromatic rings. The van der Waals surface area contributed by atoms with E-state index < -0.39 is 0 Å². The van der Waals surface area contributed by atoms with Crippen LogP contribution in [-0.4, -0.2) is 29.9 Å². The Labute approximate surface area is 101 Å². The summed E-state index contributed by atoms with van der Waals surface area (Å²) in [5, 5.41) is 2.33. The Balaban J connectivity index is 1.75. The molecule has 0 aromatic heterocycles. The number of benzene rings is 1. The zero-order chi connectivity index (χ0) is 12.1. The number of imide groups is 1. The summed E-state index contributed by atoms with van der Waals surface area (Å²) >= 11 is 0. The minimum Gasteiger partial charge on any atom is -0.324 e. The first-order valence-corrected chi connectivity index (χ1v) is 5.88.